The number of alkyl halides is 4. The number of amides is 1. The number of hydrogen-bond acceptors (Lipinski definition) is 9. The van der Waals surface area contributed by atoms with Gasteiger partial charge in [0.25, 0.3) is 5.66 Å². The van der Waals surface area contributed by atoms with Gasteiger partial charge in [-0.05, 0) is 131 Å². The summed E-state index contributed by atoms with van der Waals surface area (Å²) in [6, 6.07) is 6.78. The highest BCUT2D eigenvalue weighted by Gasteiger charge is 2.40. The number of Topliss-reactive ketones (excluding diaryl/α,β-unsaturated/α-hetero) is 1. The zero-order valence-corrected chi connectivity index (χ0v) is 41.8. The number of imidazole rings is 1. The van der Waals surface area contributed by atoms with E-state index in [9.17, 15) is 32.3 Å². The lowest BCUT2D eigenvalue weighted by molar-refractivity contribution is -0.130. The zero-order valence-electron chi connectivity index (χ0n) is 40.6. The highest BCUT2D eigenvalue weighted by Crippen LogP contribution is 2.50. The van der Waals surface area contributed by atoms with E-state index in [2.05, 4.69) is 58.1 Å². The number of hydrogen-bond donors (Lipinski definition) is 1. The molecule has 1 N–H and O–H groups in total. The van der Waals surface area contributed by atoms with Crippen LogP contribution in [0.5, 0.6) is 0 Å². The summed E-state index contributed by atoms with van der Waals surface area (Å²) in [6.45, 7) is 14.5. The van der Waals surface area contributed by atoms with Crippen LogP contribution in [0.15, 0.2) is 72.5 Å². The van der Waals surface area contributed by atoms with Gasteiger partial charge in [0.05, 0.1) is 35.4 Å². The fourth-order valence-corrected chi connectivity index (χ4v) is 8.50. The Hall–Kier alpha value is -5.21. The average Bonchev–Trinajstić information content (AvgIpc) is 4.19. The minimum Gasteiger partial charge on any atom is -0.384 e. The molecule has 0 aromatic carbocycles. The molecule has 0 bridgehead atoms. The van der Waals surface area contributed by atoms with E-state index in [4.69, 9.17) is 4.98 Å². The van der Waals surface area contributed by atoms with Crippen molar-refractivity contribution in [2.45, 2.75) is 155 Å². The first-order valence-electron chi connectivity index (χ1n) is 23.5. The number of aliphatic hydroxyl groups is 1. The van der Waals surface area contributed by atoms with E-state index in [1.54, 1.807) is 48.3 Å². The molecule has 2 aliphatic rings. The summed E-state index contributed by atoms with van der Waals surface area (Å²) in [6.07, 6.45) is 18.9. The number of rotatable bonds is 21. The van der Waals surface area contributed by atoms with E-state index in [1.807, 2.05) is 36.7 Å². The van der Waals surface area contributed by atoms with Gasteiger partial charge in [0.2, 0.25) is 12.2 Å². The molecular formula is C51H66F4N9O3P. The molecule has 0 spiro atoms. The molecule has 5 atom stereocenters. The van der Waals surface area contributed by atoms with Crippen molar-refractivity contribution in [2.75, 3.05) is 6.54 Å². The standard InChI is InChI=1S/C29H31F2N7O2.C22H35F2N2OP/c1-17-23(5-6-25(34-17)22-12-32-29-35-26(20-3-4-20)15-37(29)14-22)24-10-21(24)7-8-36(16-39)27(18(2)40)9-19-11-33-38(13-19)28(30)31;1-8-17(13-20(4,5)9-2)26-19(22(23,24)28)12-15(3)16-10-11-18(25-14-16)21(6,7)27/h5-6,11-16,20-21,24,27-28H,3-4,7-10H2,1-2H3;10-12,14,17,27H,8-9,13,28H2,1-7H3/b;15-12+,26-19?/t21-,24?,27?;/m1./s1. The molecule has 1 amide bonds. The number of fused-ring (bicyclic) bond motifs is 1. The van der Waals surface area contributed by atoms with Gasteiger partial charge in [0.1, 0.15) is 11.3 Å². The van der Waals surface area contributed by atoms with Crippen molar-refractivity contribution < 1.29 is 32.3 Å². The summed E-state index contributed by atoms with van der Waals surface area (Å²) in [5.41, 5.74) is 3.13. The molecular weight excluding hydrogens is 894 g/mol. The Bertz CT molecular complexity index is 2590. The minimum absolute atomic E-state index is 0.0566. The quantitative estimate of drug-likeness (QED) is 0.0331. The van der Waals surface area contributed by atoms with Crippen molar-refractivity contribution in [3.05, 3.63) is 101 Å². The Morgan fingerprint density at radius 3 is 2.31 bits per heavy atom. The van der Waals surface area contributed by atoms with Crippen molar-refractivity contribution in [3.63, 3.8) is 0 Å². The number of ketones is 1. The number of pyridine rings is 2. The van der Waals surface area contributed by atoms with Gasteiger partial charge < -0.3 is 10.0 Å². The summed E-state index contributed by atoms with van der Waals surface area (Å²) in [7, 11) is 1.60. The fourth-order valence-electron chi connectivity index (χ4n) is 8.34. The Labute approximate surface area is 399 Å². The van der Waals surface area contributed by atoms with Crippen molar-refractivity contribution in [2.24, 2.45) is 16.3 Å². The van der Waals surface area contributed by atoms with E-state index in [-0.39, 0.29) is 29.4 Å². The summed E-state index contributed by atoms with van der Waals surface area (Å²) in [4.78, 5) is 48.4. The van der Waals surface area contributed by atoms with E-state index in [1.165, 1.54) is 48.7 Å². The smallest absolute Gasteiger partial charge is 0.333 e. The van der Waals surface area contributed by atoms with Gasteiger partial charge >= 0.3 is 6.55 Å². The lowest BCUT2D eigenvalue weighted by atomic mass is 9.83. The van der Waals surface area contributed by atoms with Gasteiger partial charge in [0, 0.05) is 61.1 Å². The lowest BCUT2D eigenvalue weighted by Crippen LogP contribution is -2.41. The lowest BCUT2D eigenvalue weighted by Gasteiger charge is -2.27. The number of carbonyl (C=O) groups excluding carboxylic acids is 2. The molecule has 2 fully saturated rings. The van der Waals surface area contributed by atoms with Gasteiger partial charge in [0.15, 0.2) is 5.78 Å². The summed E-state index contributed by atoms with van der Waals surface area (Å²) >= 11 is 0. The first-order valence-corrected chi connectivity index (χ1v) is 24.1. The van der Waals surface area contributed by atoms with Crippen LogP contribution in [0.4, 0.5) is 17.6 Å². The molecule has 2 aliphatic carbocycles. The molecule has 366 valence electrons. The molecule has 0 saturated heterocycles. The van der Waals surface area contributed by atoms with Crippen LogP contribution in [0.3, 0.4) is 0 Å². The summed E-state index contributed by atoms with van der Waals surface area (Å²) in [5.74, 6) is 1.82. The zero-order chi connectivity index (χ0) is 49.7. The van der Waals surface area contributed by atoms with Gasteiger partial charge in [-0.25, -0.2) is 14.6 Å². The molecule has 4 unspecified atom stereocenters. The first-order chi connectivity index (χ1) is 32.0. The number of carbonyl (C=O) groups is 2. The maximum absolute atomic E-state index is 14.2. The SMILES string of the molecule is CC(=O)C(Cc1cnn(C(F)F)c1)N(C=O)CC[C@@H]1CC1c1ccc(-c2cnc3nc(C4CC4)cn3c2)nc1C.CCC(CC(C)(C)CC)N=C(/C=C(\C)c1ccc(C(C)(C)O)nc1)C(F)(F)P. The molecule has 5 aromatic rings. The first kappa shape index (κ1) is 52.2. The fraction of sp³-hybridized carbons (Fsp3) is 0.529. The third kappa shape index (κ3) is 13.7. The Morgan fingerprint density at radius 1 is 1.01 bits per heavy atom. The van der Waals surface area contributed by atoms with Gasteiger partial charge in [-0.3, -0.25) is 29.0 Å². The van der Waals surface area contributed by atoms with E-state index >= 15 is 0 Å². The average molecular weight is 960 g/mol. The van der Waals surface area contributed by atoms with Crippen LogP contribution in [0.1, 0.15) is 152 Å². The van der Waals surface area contributed by atoms with Gasteiger partial charge in [-0.15, -0.1) is 0 Å². The largest absolute Gasteiger partial charge is 0.384 e. The Morgan fingerprint density at radius 2 is 1.75 bits per heavy atom. The third-order valence-electron chi connectivity index (χ3n) is 13.2. The predicted octanol–water partition coefficient (Wildman–Crippen LogP) is 10.9. The van der Waals surface area contributed by atoms with E-state index < -0.39 is 23.9 Å². The number of aryl methyl sites for hydroxylation is 1. The van der Waals surface area contributed by atoms with Crippen LogP contribution in [0, 0.1) is 18.3 Å². The normalized spacial score (nSPS) is 17.8. The molecule has 7 rings (SSSR count). The van der Waals surface area contributed by atoms with Crippen LogP contribution in [-0.2, 0) is 21.6 Å². The van der Waals surface area contributed by atoms with Crippen molar-refractivity contribution >= 4 is 38.5 Å². The third-order valence-corrected chi connectivity index (χ3v) is 13.5. The maximum atomic E-state index is 14.2. The second-order valence-electron chi connectivity index (χ2n) is 19.8. The second-order valence-corrected chi connectivity index (χ2v) is 20.5. The van der Waals surface area contributed by atoms with Crippen molar-refractivity contribution in [1.82, 2.24) is 39.0 Å². The molecule has 5 aromatic heterocycles. The van der Waals surface area contributed by atoms with E-state index in [0.29, 0.717) is 64.4 Å². The Balaban J connectivity index is 0.000000241. The topological polar surface area (TPSA) is 144 Å². The number of aromatic nitrogens is 7. The molecule has 5 heterocycles. The summed E-state index contributed by atoms with van der Waals surface area (Å²) < 4.78 is 56.7. The number of nitrogens with zero attached hydrogens (tertiary/aromatic N) is 9. The molecule has 0 radical (unpaired) electrons. The van der Waals surface area contributed by atoms with Crippen LogP contribution in [-0.4, -0.2) is 86.3 Å². The molecule has 2 saturated carbocycles. The second kappa shape index (κ2) is 21.6. The summed E-state index contributed by atoms with van der Waals surface area (Å²) in [5, 5.41) is 13.6. The predicted molar refractivity (Wildman–Crippen MR) is 261 cm³/mol. The van der Waals surface area contributed by atoms with Crippen molar-refractivity contribution in [3.8, 4) is 11.3 Å². The molecule has 0 aliphatic heterocycles. The molecule has 12 nitrogen and oxygen atoms in total. The van der Waals surface area contributed by atoms with Gasteiger partial charge in [-0.1, -0.05) is 55.5 Å². The highest BCUT2D eigenvalue weighted by atomic mass is 31.0. The molecule has 68 heavy (non-hydrogen) atoms. The number of allylic oxidation sites excluding steroid dienone is 2. The van der Waals surface area contributed by atoms with E-state index in [0.717, 1.165) is 53.9 Å². The maximum Gasteiger partial charge on any atom is 0.333 e. The van der Waals surface area contributed by atoms with Crippen LogP contribution in [0.2, 0.25) is 0 Å². The number of aliphatic imine (C=N–C) groups is 1. The highest BCUT2D eigenvalue weighted by molar-refractivity contribution is 7.20. The minimum atomic E-state index is -3.11. The number of halogens is 4. The van der Waals surface area contributed by atoms with Crippen molar-refractivity contribution in [1.29, 1.82) is 0 Å². The van der Waals surface area contributed by atoms with Crippen LogP contribution < -0.4 is 0 Å². The molecule has 17 heteroatoms. The van der Waals surface area contributed by atoms with Gasteiger partial charge in [-0.2, -0.15) is 22.7 Å². The van der Waals surface area contributed by atoms with Crippen LogP contribution in [0.25, 0.3) is 22.6 Å². The van der Waals surface area contributed by atoms with Crippen LogP contribution >= 0.6 is 9.24 Å². The Kier molecular flexibility index (Phi) is 16.6. The monoisotopic (exact) mass is 959 g/mol.